The number of ketones is 2. The zero-order chi connectivity index (χ0) is 29.0. The van der Waals surface area contributed by atoms with E-state index in [1.165, 1.54) is 30.3 Å². The van der Waals surface area contributed by atoms with Crippen molar-refractivity contribution in [2.24, 2.45) is 17.8 Å². The molecule has 0 bridgehead atoms. The molecule has 208 valence electrons. The largest absolute Gasteiger partial charge is 0.491 e. The van der Waals surface area contributed by atoms with Crippen molar-refractivity contribution in [3.8, 4) is 5.75 Å². The van der Waals surface area contributed by atoms with Crippen LogP contribution in [-0.4, -0.2) is 52.8 Å². The number of aliphatic hydroxyl groups is 1. The number of anilines is 1. The molecule has 0 radical (unpaired) electrons. The predicted molar refractivity (Wildman–Crippen MR) is 146 cm³/mol. The minimum Gasteiger partial charge on any atom is -0.491 e. The first-order valence-corrected chi connectivity index (χ1v) is 13.5. The molecule has 4 unspecified atom stereocenters. The van der Waals surface area contributed by atoms with E-state index in [0.717, 1.165) is 10.5 Å². The van der Waals surface area contributed by atoms with E-state index in [4.69, 9.17) is 4.74 Å². The minimum atomic E-state index is -1.17. The molecule has 1 saturated heterocycles. The van der Waals surface area contributed by atoms with Gasteiger partial charge in [-0.2, -0.15) is 0 Å². The van der Waals surface area contributed by atoms with Gasteiger partial charge in [0, 0.05) is 28.2 Å². The summed E-state index contributed by atoms with van der Waals surface area (Å²) < 4.78 is 5.83. The summed E-state index contributed by atoms with van der Waals surface area (Å²) in [6, 6.07) is 12.8. The third-order valence-corrected chi connectivity index (χ3v) is 8.49. The van der Waals surface area contributed by atoms with E-state index in [1.54, 1.807) is 25.1 Å². The van der Waals surface area contributed by atoms with Crippen molar-refractivity contribution in [1.29, 1.82) is 0 Å². The fourth-order valence-corrected chi connectivity index (χ4v) is 6.76. The van der Waals surface area contributed by atoms with E-state index in [1.807, 2.05) is 12.1 Å². The minimum absolute atomic E-state index is 0.0337. The Labute approximate surface area is 235 Å². The standard InChI is InChI=1S/C32H27NO8/c1-16-13-24(35)23-15-22-19(26(28(23)29(16)36)20-7-2-3-8-25(20)41-12-11-34)9-10-21-27(22)31(38)33(30(21)37)18-6-4-5-17(14-18)32(39)40/h2-9,13-14,21-22,26-27,34H,10-12,15H2,1H3,(H,39,40). The van der Waals surface area contributed by atoms with Crippen LogP contribution in [0.3, 0.4) is 0 Å². The number of imide groups is 1. The Hall–Kier alpha value is -4.63. The van der Waals surface area contributed by atoms with Gasteiger partial charge in [-0.1, -0.05) is 35.9 Å². The number of carbonyl (C=O) groups is 5. The van der Waals surface area contributed by atoms with Crippen molar-refractivity contribution in [1.82, 2.24) is 0 Å². The monoisotopic (exact) mass is 553 g/mol. The molecule has 0 saturated carbocycles. The molecule has 41 heavy (non-hydrogen) atoms. The molecular formula is C32H27NO8. The molecule has 6 rings (SSSR count). The van der Waals surface area contributed by atoms with Crippen molar-refractivity contribution in [3.63, 3.8) is 0 Å². The van der Waals surface area contributed by atoms with Crippen LogP contribution in [0, 0.1) is 17.8 Å². The first-order valence-electron chi connectivity index (χ1n) is 13.5. The lowest BCUT2D eigenvalue weighted by Crippen LogP contribution is -2.40. The zero-order valence-corrected chi connectivity index (χ0v) is 22.2. The number of amides is 2. The van der Waals surface area contributed by atoms with Crippen LogP contribution < -0.4 is 9.64 Å². The quantitative estimate of drug-likeness (QED) is 0.315. The van der Waals surface area contributed by atoms with Gasteiger partial charge in [-0.05, 0) is 56.0 Å². The van der Waals surface area contributed by atoms with Gasteiger partial charge < -0.3 is 14.9 Å². The molecule has 2 aromatic rings. The summed E-state index contributed by atoms with van der Waals surface area (Å²) in [6.45, 7) is 1.43. The molecule has 1 heterocycles. The van der Waals surface area contributed by atoms with Gasteiger partial charge >= 0.3 is 5.97 Å². The van der Waals surface area contributed by atoms with Crippen LogP contribution >= 0.6 is 0 Å². The van der Waals surface area contributed by atoms with Gasteiger partial charge in [0.1, 0.15) is 12.4 Å². The molecule has 9 heteroatoms. The topological polar surface area (TPSA) is 138 Å². The highest BCUT2D eigenvalue weighted by atomic mass is 16.5. The maximum atomic E-state index is 14.0. The van der Waals surface area contributed by atoms with E-state index < -0.39 is 41.5 Å². The van der Waals surface area contributed by atoms with Gasteiger partial charge in [-0.25, -0.2) is 4.79 Å². The molecule has 0 aromatic heterocycles. The number of ether oxygens (including phenoxy) is 1. The molecule has 0 spiro atoms. The Balaban J connectivity index is 1.47. The predicted octanol–water partition coefficient (Wildman–Crippen LogP) is 3.39. The molecular weight excluding hydrogens is 526 g/mol. The molecule has 4 atom stereocenters. The number of carbonyl (C=O) groups excluding carboxylic acids is 4. The molecule has 4 aliphatic rings. The molecule has 1 fully saturated rings. The van der Waals surface area contributed by atoms with Gasteiger partial charge in [0.2, 0.25) is 11.8 Å². The summed E-state index contributed by atoms with van der Waals surface area (Å²) in [6.07, 6.45) is 3.63. The van der Waals surface area contributed by atoms with E-state index in [2.05, 4.69) is 0 Å². The highest BCUT2D eigenvalue weighted by Gasteiger charge is 2.56. The zero-order valence-electron chi connectivity index (χ0n) is 22.2. The number of Topliss-reactive ketones (excluding diaryl/α,β-unsaturated/α-hetero) is 1. The van der Waals surface area contributed by atoms with Crippen LogP contribution in [0.2, 0.25) is 0 Å². The van der Waals surface area contributed by atoms with Crippen LogP contribution in [0.5, 0.6) is 5.75 Å². The van der Waals surface area contributed by atoms with E-state index >= 15 is 0 Å². The number of hydrogen-bond donors (Lipinski definition) is 2. The molecule has 2 aromatic carbocycles. The summed E-state index contributed by atoms with van der Waals surface area (Å²) in [7, 11) is 0. The fourth-order valence-electron chi connectivity index (χ4n) is 6.76. The van der Waals surface area contributed by atoms with Gasteiger partial charge in [0.05, 0.1) is 29.7 Å². The van der Waals surface area contributed by atoms with E-state index in [-0.39, 0.29) is 48.9 Å². The van der Waals surface area contributed by atoms with Gasteiger partial charge in [-0.3, -0.25) is 24.1 Å². The maximum Gasteiger partial charge on any atom is 0.335 e. The highest BCUT2D eigenvalue weighted by Crippen LogP contribution is 2.56. The van der Waals surface area contributed by atoms with Crippen LogP contribution in [0.25, 0.3) is 0 Å². The van der Waals surface area contributed by atoms with Crippen molar-refractivity contribution in [3.05, 3.63) is 94.1 Å². The number of nitrogens with zero attached hydrogens (tertiary/aromatic N) is 1. The van der Waals surface area contributed by atoms with Crippen LogP contribution in [0.4, 0.5) is 5.69 Å². The smallest absolute Gasteiger partial charge is 0.335 e. The van der Waals surface area contributed by atoms with Gasteiger partial charge in [0.25, 0.3) is 0 Å². The van der Waals surface area contributed by atoms with Crippen molar-refractivity contribution < 1.29 is 38.9 Å². The fraction of sp³-hybridized carbons (Fsp3) is 0.281. The summed E-state index contributed by atoms with van der Waals surface area (Å²) in [5, 5.41) is 18.8. The molecule has 3 aliphatic carbocycles. The summed E-state index contributed by atoms with van der Waals surface area (Å²) in [5.74, 6) is -4.79. The summed E-state index contributed by atoms with van der Waals surface area (Å²) in [4.78, 5) is 67.2. The van der Waals surface area contributed by atoms with Gasteiger partial charge in [-0.15, -0.1) is 0 Å². The number of aromatic carboxylic acids is 1. The van der Waals surface area contributed by atoms with Crippen molar-refractivity contribution in [2.75, 3.05) is 18.1 Å². The Kier molecular flexibility index (Phi) is 6.54. The van der Waals surface area contributed by atoms with E-state index in [9.17, 15) is 34.2 Å². The Morgan fingerprint density at radius 1 is 1.02 bits per heavy atom. The number of hydrogen-bond acceptors (Lipinski definition) is 7. The number of carboxylic acids is 1. The number of carboxylic acid groups (broad SMARTS) is 1. The second-order valence-corrected chi connectivity index (χ2v) is 10.7. The average molecular weight is 554 g/mol. The van der Waals surface area contributed by atoms with Crippen molar-refractivity contribution in [2.45, 2.75) is 25.7 Å². The highest BCUT2D eigenvalue weighted by molar-refractivity contribution is 6.25. The Morgan fingerprint density at radius 3 is 2.56 bits per heavy atom. The Bertz CT molecular complexity index is 1630. The maximum absolute atomic E-state index is 14.0. The molecule has 2 N–H and O–H groups in total. The number of benzene rings is 2. The lowest BCUT2D eigenvalue weighted by Gasteiger charge is -2.42. The lowest BCUT2D eigenvalue weighted by atomic mass is 9.59. The summed E-state index contributed by atoms with van der Waals surface area (Å²) >= 11 is 0. The number of fused-ring (bicyclic) bond motifs is 3. The second kappa shape index (κ2) is 10.1. The van der Waals surface area contributed by atoms with Crippen molar-refractivity contribution >= 4 is 35.0 Å². The van der Waals surface area contributed by atoms with Crippen LogP contribution in [0.15, 0.2) is 83.0 Å². The summed E-state index contributed by atoms with van der Waals surface area (Å²) in [5.41, 5.74) is 2.59. The van der Waals surface area contributed by atoms with Gasteiger partial charge in [0.15, 0.2) is 11.6 Å². The second-order valence-electron chi connectivity index (χ2n) is 10.7. The number of aliphatic hydroxyl groups excluding tert-OH is 1. The normalized spacial score (nSPS) is 25.4. The average Bonchev–Trinajstić information content (AvgIpc) is 3.23. The lowest BCUT2D eigenvalue weighted by molar-refractivity contribution is -0.123. The number of rotatable bonds is 6. The third kappa shape index (κ3) is 4.15. The molecule has 9 nitrogen and oxygen atoms in total. The number of para-hydroxylation sites is 1. The molecule has 1 aliphatic heterocycles. The first kappa shape index (κ1) is 26.6. The number of allylic oxidation sites excluding steroid dienone is 6. The Morgan fingerprint density at radius 2 is 1.80 bits per heavy atom. The van der Waals surface area contributed by atoms with Crippen LogP contribution in [-0.2, 0) is 19.2 Å². The third-order valence-electron chi connectivity index (χ3n) is 8.49. The first-order chi connectivity index (χ1) is 19.7. The van der Waals surface area contributed by atoms with Crippen LogP contribution in [0.1, 0.15) is 41.6 Å². The SMILES string of the molecule is CC1=CC(=O)C2=C(C1=O)C(c1ccccc1OCCO)C1=CCC3C(=O)N(c4cccc(C(=O)O)c4)C(=O)C3C1C2. The van der Waals surface area contributed by atoms with E-state index in [0.29, 0.717) is 28.0 Å². The molecule has 2 amide bonds.